The van der Waals surface area contributed by atoms with Crippen LogP contribution in [0.1, 0.15) is 85.5 Å². The Labute approximate surface area is 185 Å². The first-order valence-corrected chi connectivity index (χ1v) is 11.6. The number of rotatable bonds is 13. The predicted octanol–water partition coefficient (Wildman–Crippen LogP) is 2.08. The Morgan fingerprint density at radius 1 is 1.16 bits per heavy atom. The van der Waals surface area contributed by atoms with Gasteiger partial charge in [-0.25, -0.2) is 10.9 Å². The Bertz CT molecular complexity index is 613. The molecule has 3 amide bonds. The summed E-state index contributed by atoms with van der Waals surface area (Å²) < 4.78 is 0. The molecule has 1 aliphatic heterocycles. The van der Waals surface area contributed by atoms with Crippen molar-refractivity contribution >= 4 is 23.5 Å². The van der Waals surface area contributed by atoms with E-state index in [0.29, 0.717) is 25.8 Å². The van der Waals surface area contributed by atoms with E-state index in [4.69, 9.17) is 5.21 Å². The largest absolute Gasteiger partial charge is 0.344 e. The number of nitrogens with zero attached hydrogens (tertiary/aromatic N) is 1. The molecule has 31 heavy (non-hydrogen) atoms. The summed E-state index contributed by atoms with van der Waals surface area (Å²) in [5.74, 6) is -1.98. The third kappa shape index (κ3) is 8.22. The lowest BCUT2D eigenvalue weighted by Crippen LogP contribution is -2.62. The monoisotopic (exact) mass is 440 g/mol. The van der Waals surface area contributed by atoms with Crippen LogP contribution in [0.15, 0.2) is 0 Å². The lowest BCUT2D eigenvalue weighted by molar-refractivity contribution is -0.152. The molecule has 0 aromatic carbocycles. The van der Waals surface area contributed by atoms with Crippen LogP contribution in [0.2, 0.25) is 0 Å². The van der Waals surface area contributed by atoms with Crippen LogP contribution in [-0.2, 0) is 19.2 Å². The number of hydrazine groups is 1. The van der Waals surface area contributed by atoms with Crippen LogP contribution in [0.4, 0.5) is 0 Å². The van der Waals surface area contributed by atoms with Crippen LogP contribution < -0.4 is 16.2 Å². The number of unbranched alkanes of at least 4 members (excludes halogenated alkanes) is 2. The third-order valence-corrected chi connectivity index (χ3v) is 6.06. The number of hydroxylamine groups is 1. The minimum absolute atomic E-state index is 0.00727. The van der Waals surface area contributed by atoms with Crippen molar-refractivity contribution in [3.8, 4) is 0 Å². The topological polar surface area (TPSA) is 128 Å². The molecule has 1 saturated heterocycles. The molecule has 0 spiro atoms. The molecule has 9 nitrogen and oxygen atoms in total. The summed E-state index contributed by atoms with van der Waals surface area (Å²) in [5, 5.41) is 13.1. The van der Waals surface area contributed by atoms with Crippen molar-refractivity contribution in [2.24, 2.45) is 11.8 Å². The van der Waals surface area contributed by atoms with Crippen molar-refractivity contribution in [3.05, 3.63) is 0 Å². The molecule has 4 atom stereocenters. The number of ketones is 1. The lowest BCUT2D eigenvalue weighted by Gasteiger charge is -2.38. The van der Waals surface area contributed by atoms with Crippen molar-refractivity contribution in [1.29, 1.82) is 0 Å². The smallest absolute Gasteiger partial charge is 0.245 e. The molecular weight excluding hydrogens is 400 g/mol. The standard InChI is InChI=1S/C22H40N4O5/c1-5-8-9-11-16(14-19(28)25-31)22(30)26-17(12-10-13-23-26)21(29)24-20(15(4)6-2)18(27)7-3/h15-17,20,23,31H,5-14H2,1-4H3,(H,24,29)(H,25,28)/t15-,16+,17+,20-/m1/s1. The normalized spacial score (nSPS) is 19.3. The molecule has 0 radical (unpaired) electrons. The second-order valence-electron chi connectivity index (χ2n) is 8.40. The molecule has 0 aromatic heterocycles. The van der Waals surface area contributed by atoms with Crippen LogP contribution in [0.3, 0.4) is 0 Å². The number of hydrogen-bond acceptors (Lipinski definition) is 6. The summed E-state index contributed by atoms with van der Waals surface area (Å²) in [7, 11) is 0. The summed E-state index contributed by atoms with van der Waals surface area (Å²) in [6.07, 6.45) is 5.30. The van der Waals surface area contributed by atoms with E-state index in [2.05, 4.69) is 17.7 Å². The highest BCUT2D eigenvalue weighted by Crippen LogP contribution is 2.21. The Balaban J connectivity index is 3.00. The lowest BCUT2D eigenvalue weighted by atomic mass is 9.93. The first-order valence-electron chi connectivity index (χ1n) is 11.6. The second-order valence-corrected chi connectivity index (χ2v) is 8.40. The van der Waals surface area contributed by atoms with Gasteiger partial charge in [-0.2, -0.15) is 0 Å². The molecule has 4 N–H and O–H groups in total. The molecule has 9 heteroatoms. The molecule has 0 saturated carbocycles. The number of carbonyl (C=O) groups is 4. The molecule has 178 valence electrons. The van der Waals surface area contributed by atoms with Gasteiger partial charge in [0.2, 0.25) is 17.7 Å². The molecule has 1 rings (SSSR count). The summed E-state index contributed by atoms with van der Waals surface area (Å²) in [4.78, 5) is 50.5. The zero-order chi connectivity index (χ0) is 23.4. The van der Waals surface area contributed by atoms with E-state index >= 15 is 0 Å². The minimum Gasteiger partial charge on any atom is -0.344 e. The average Bonchev–Trinajstić information content (AvgIpc) is 2.80. The highest BCUT2D eigenvalue weighted by atomic mass is 16.5. The number of Topliss-reactive ketones (excluding diaryl/α,β-unsaturated/α-hetero) is 1. The fourth-order valence-corrected chi connectivity index (χ4v) is 3.88. The number of hydrogen-bond donors (Lipinski definition) is 4. The van der Waals surface area contributed by atoms with Crippen LogP contribution in [0, 0.1) is 11.8 Å². The van der Waals surface area contributed by atoms with Crippen molar-refractivity contribution in [2.45, 2.75) is 97.6 Å². The molecule has 1 fully saturated rings. The minimum atomic E-state index is -0.747. The van der Waals surface area contributed by atoms with Gasteiger partial charge in [-0.1, -0.05) is 53.4 Å². The van der Waals surface area contributed by atoms with E-state index in [-0.39, 0.29) is 29.9 Å². The average molecular weight is 441 g/mol. The van der Waals surface area contributed by atoms with Crippen LogP contribution in [0.5, 0.6) is 0 Å². The van der Waals surface area contributed by atoms with Gasteiger partial charge in [-0.3, -0.25) is 29.4 Å². The summed E-state index contributed by atoms with van der Waals surface area (Å²) in [6.45, 7) is 8.27. The maximum Gasteiger partial charge on any atom is 0.245 e. The first kappa shape index (κ1) is 27.0. The van der Waals surface area contributed by atoms with Crippen LogP contribution in [0.25, 0.3) is 0 Å². The van der Waals surface area contributed by atoms with Crippen LogP contribution >= 0.6 is 0 Å². The molecule has 1 heterocycles. The Morgan fingerprint density at radius 2 is 1.87 bits per heavy atom. The zero-order valence-corrected chi connectivity index (χ0v) is 19.4. The predicted molar refractivity (Wildman–Crippen MR) is 117 cm³/mol. The van der Waals surface area contributed by atoms with Gasteiger partial charge in [-0.15, -0.1) is 0 Å². The Kier molecular flexibility index (Phi) is 12.3. The molecular formula is C22H40N4O5. The summed E-state index contributed by atoms with van der Waals surface area (Å²) >= 11 is 0. The molecule has 0 aliphatic carbocycles. The zero-order valence-electron chi connectivity index (χ0n) is 19.4. The van der Waals surface area contributed by atoms with E-state index in [1.165, 1.54) is 5.01 Å². The fourth-order valence-electron chi connectivity index (χ4n) is 3.88. The van der Waals surface area contributed by atoms with Crippen molar-refractivity contribution in [1.82, 2.24) is 21.2 Å². The van der Waals surface area contributed by atoms with Crippen molar-refractivity contribution in [3.63, 3.8) is 0 Å². The van der Waals surface area contributed by atoms with E-state index in [0.717, 1.165) is 32.1 Å². The van der Waals surface area contributed by atoms with Gasteiger partial charge in [0.05, 0.1) is 6.04 Å². The van der Waals surface area contributed by atoms with Gasteiger partial charge in [0.1, 0.15) is 6.04 Å². The SMILES string of the molecule is CCCCC[C@@H](CC(=O)NO)C(=O)N1NCCC[C@H]1C(=O)N[C@@H](C(=O)CC)[C@H](C)CC. The van der Waals surface area contributed by atoms with Gasteiger partial charge in [0.25, 0.3) is 0 Å². The molecule has 1 aliphatic rings. The quantitative estimate of drug-likeness (QED) is 0.197. The maximum absolute atomic E-state index is 13.3. The third-order valence-electron chi connectivity index (χ3n) is 6.06. The summed E-state index contributed by atoms with van der Waals surface area (Å²) in [6, 6.07) is -1.33. The molecule has 0 aromatic rings. The first-order chi connectivity index (χ1) is 14.8. The van der Waals surface area contributed by atoms with Crippen molar-refractivity contribution in [2.75, 3.05) is 6.54 Å². The van der Waals surface area contributed by atoms with E-state index in [9.17, 15) is 19.2 Å². The van der Waals surface area contributed by atoms with Gasteiger partial charge >= 0.3 is 0 Å². The fraction of sp³-hybridized carbons (Fsp3) is 0.818. The van der Waals surface area contributed by atoms with E-state index < -0.39 is 23.9 Å². The van der Waals surface area contributed by atoms with Gasteiger partial charge < -0.3 is 5.32 Å². The van der Waals surface area contributed by atoms with Crippen LogP contribution in [-0.4, -0.2) is 52.3 Å². The second kappa shape index (κ2) is 14.1. The van der Waals surface area contributed by atoms with E-state index in [1.807, 2.05) is 13.8 Å². The molecule has 0 unspecified atom stereocenters. The number of nitrogens with one attached hydrogen (secondary N) is 3. The number of carbonyl (C=O) groups excluding carboxylic acids is 4. The summed E-state index contributed by atoms with van der Waals surface area (Å²) in [5.41, 5.74) is 4.61. The Morgan fingerprint density at radius 3 is 2.45 bits per heavy atom. The van der Waals surface area contributed by atoms with E-state index in [1.54, 1.807) is 12.4 Å². The highest BCUT2D eigenvalue weighted by Gasteiger charge is 2.38. The highest BCUT2D eigenvalue weighted by molar-refractivity contribution is 5.93. The molecule has 0 bridgehead atoms. The number of amides is 3. The van der Waals surface area contributed by atoms with Gasteiger partial charge in [0.15, 0.2) is 5.78 Å². The Hall–Kier alpha value is -2.00. The van der Waals surface area contributed by atoms with Gasteiger partial charge in [-0.05, 0) is 25.2 Å². The van der Waals surface area contributed by atoms with Gasteiger partial charge in [0, 0.05) is 25.3 Å². The van der Waals surface area contributed by atoms with Crippen molar-refractivity contribution < 1.29 is 24.4 Å². The maximum atomic E-state index is 13.3.